The topological polar surface area (TPSA) is 124 Å². The maximum absolute atomic E-state index is 5.99. The first kappa shape index (κ1) is 39.0. The Morgan fingerprint density at radius 2 is 0.500 bits per heavy atom. The van der Waals surface area contributed by atoms with Crippen LogP contribution in [0.2, 0.25) is 0 Å². The molecule has 4 unspecified atom stereocenters. The van der Waals surface area contributed by atoms with Crippen LogP contribution in [0.3, 0.4) is 0 Å². The zero-order valence-electron chi connectivity index (χ0n) is 32.7. The van der Waals surface area contributed by atoms with Gasteiger partial charge in [0.1, 0.15) is 120 Å². The van der Waals surface area contributed by atoms with E-state index in [1.165, 1.54) is 0 Å². The molecule has 60 heavy (non-hydrogen) atoms. The molecule has 0 radical (unpaired) electrons. The monoisotopic (exact) mass is 812 g/mol. The number of epoxide rings is 4. The molecule has 0 aromatic heterocycles. The van der Waals surface area contributed by atoms with Crippen molar-refractivity contribution in [1.82, 2.24) is 0 Å². The summed E-state index contributed by atoms with van der Waals surface area (Å²) in [4.78, 5) is 0. The SMILES string of the molecule is c1cc(OCC2CO2)cc(Oc2cccc(Oc3cccc(OCC4CO4)c3)c2)c1.c1cc(Oc2ccc(Oc3ccc(OCC4CO4)cc3)cc2)ccc1OCC1CO1. The Bertz CT molecular complexity index is 2110. The lowest BCUT2D eigenvalue weighted by Crippen LogP contribution is -2.03. The molecule has 0 aliphatic carbocycles. The second kappa shape index (κ2) is 19.1. The van der Waals surface area contributed by atoms with Crippen LogP contribution < -0.4 is 37.9 Å². The van der Waals surface area contributed by atoms with Crippen molar-refractivity contribution in [2.75, 3.05) is 52.9 Å². The maximum Gasteiger partial charge on any atom is 0.131 e. The van der Waals surface area contributed by atoms with Gasteiger partial charge in [0.15, 0.2) is 0 Å². The fourth-order valence-electron chi connectivity index (χ4n) is 5.60. The summed E-state index contributed by atoms with van der Waals surface area (Å²) in [5.41, 5.74) is 0. The Kier molecular flexibility index (Phi) is 12.4. The minimum Gasteiger partial charge on any atom is -0.491 e. The molecule has 12 nitrogen and oxygen atoms in total. The van der Waals surface area contributed by atoms with Gasteiger partial charge in [-0.15, -0.1) is 0 Å². The molecule has 4 fully saturated rings. The van der Waals surface area contributed by atoms with Gasteiger partial charge >= 0.3 is 0 Å². The number of ether oxygens (including phenoxy) is 12. The fraction of sp³-hybridized carbons (Fsp3) is 0.250. The molecule has 6 aromatic carbocycles. The van der Waals surface area contributed by atoms with Gasteiger partial charge in [0, 0.05) is 18.2 Å². The van der Waals surface area contributed by atoms with Crippen LogP contribution in [-0.2, 0) is 18.9 Å². The van der Waals surface area contributed by atoms with Gasteiger partial charge in [-0.3, -0.25) is 0 Å². The molecule has 0 N–H and O–H groups in total. The molecular formula is C48H44O12. The van der Waals surface area contributed by atoms with Crippen molar-refractivity contribution in [2.24, 2.45) is 0 Å². The van der Waals surface area contributed by atoms with Crippen LogP contribution in [0.1, 0.15) is 0 Å². The predicted molar refractivity (Wildman–Crippen MR) is 220 cm³/mol. The average molecular weight is 813 g/mol. The Hall–Kier alpha value is -6.44. The van der Waals surface area contributed by atoms with Crippen molar-refractivity contribution in [3.8, 4) is 69.0 Å². The molecule has 4 saturated heterocycles. The number of benzene rings is 6. The third-order valence-corrected chi connectivity index (χ3v) is 9.18. The molecule has 4 atom stereocenters. The Morgan fingerprint density at radius 3 is 0.783 bits per heavy atom. The van der Waals surface area contributed by atoms with E-state index in [4.69, 9.17) is 56.8 Å². The highest BCUT2D eigenvalue weighted by Gasteiger charge is 2.25. The Balaban J connectivity index is 0.000000154. The smallest absolute Gasteiger partial charge is 0.131 e. The van der Waals surface area contributed by atoms with Gasteiger partial charge in [0.25, 0.3) is 0 Å². The first-order chi connectivity index (χ1) is 29.6. The number of hydrogen-bond donors (Lipinski definition) is 0. The molecule has 308 valence electrons. The van der Waals surface area contributed by atoms with E-state index in [0.717, 1.165) is 72.4 Å². The van der Waals surface area contributed by atoms with E-state index in [-0.39, 0.29) is 24.4 Å². The van der Waals surface area contributed by atoms with Crippen LogP contribution in [0, 0.1) is 0 Å². The van der Waals surface area contributed by atoms with Crippen LogP contribution >= 0.6 is 0 Å². The van der Waals surface area contributed by atoms with Gasteiger partial charge in [-0.1, -0.05) is 18.2 Å². The first-order valence-electron chi connectivity index (χ1n) is 19.9. The van der Waals surface area contributed by atoms with Crippen molar-refractivity contribution in [3.63, 3.8) is 0 Å². The molecule has 0 bridgehead atoms. The van der Waals surface area contributed by atoms with Gasteiger partial charge in [-0.2, -0.15) is 0 Å². The molecule has 4 heterocycles. The second-order valence-corrected chi connectivity index (χ2v) is 14.3. The second-order valence-electron chi connectivity index (χ2n) is 14.3. The summed E-state index contributed by atoms with van der Waals surface area (Å²) in [5, 5.41) is 0. The third kappa shape index (κ3) is 12.8. The van der Waals surface area contributed by atoms with Gasteiger partial charge in [-0.05, 0) is 109 Å². The van der Waals surface area contributed by atoms with E-state index in [1.54, 1.807) is 0 Å². The first-order valence-corrected chi connectivity index (χ1v) is 19.9. The molecule has 6 aromatic rings. The highest BCUT2D eigenvalue weighted by Crippen LogP contribution is 2.32. The lowest BCUT2D eigenvalue weighted by molar-refractivity contribution is 0.262. The highest BCUT2D eigenvalue weighted by atomic mass is 16.6. The molecule has 12 heteroatoms. The summed E-state index contributed by atoms with van der Waals surface area (Å²) in [6, 6.07) is 45.2. The summed E-state index contributed by atoms with van der Waals surface area (Å²) >= 11 is 0. The van der Waals surface area contributed by atoms with Crippen molar-refractivity contribution < 1.29 is 56.8 Å². The largest absolute Gasteiger partial charge is 0.491 e. The summed E-state index contributed by atoms with van der Waals surface area (Å²) in [6.07, 6.45) is 0.925. The van der Waals surface area contributed by atoms with Crippen molar-refractivity contribution in [1.29, 1.82) is 0 Å². The lowest BCUT2D eigenvalue weighted by atomic mass is 10.3. The Morgan fingerprint density at radius 1 is 0.283 bits per heavy atom. The number of hydrogen-bond acceptors (Lipinski definition) is 12. The molecule has 4 aliphatic rings. The molecule has 0 amide bonds. The van der Waals surface area contributed by atoms with E-state index in [1.807, 2.05) is 146 Å². The van der Waals surface area contributed by atoms with Crippen LogP contribution in [0.25, 0.3) is 0 Å². The van der Waals surface area contributed by atoms with E-state index in [0.29, 0.717) is 49.4 Å². The van der Waals surface area contributed by atoms with Crippen LogP contribution in [0.15, 0.2) is 146 Å². The zero-order chi connectivity index (χ0) is 40.4. The summed E-state index contributed by atoms with van der Waals surface area (Å²) < 4.78 is 67.0. The van der Waals surface area contributed by atoms with E-state index in [9.17, 15) is 0 Å². The normalized spacial score (nSPS) is 19.1. The van der Waals surface area contributed by atoms with Gasteiger partial charge in [-0.25, -0.2) is 0 Å². The Labute approximate surface area is 347 Å². The summed E-state index contributed by atoms with van der Waals surface area (Å²) in [7, 11) is 0. The van der Waals surface area contributed by atoms with Crippen molar-refractivity contribution in [2.45, 2.75) is 24.4 Å². The third-order valence-electron chi connectivity index (χ3n) is 9.18. The minimum absolute atomic E-state index is 0.217. The van der Waals surface area contributed by atoms with E-state index in [2.05, 4.69) is 0 Å². The van der Waals surface area contributed by atoms with Crippen molar-refractivity contribution in [3.05, 3.63) is 146 Å². The van der Waals surface area contributed by atoms with E-state index >= 15 is 0 Å². The van der Waals surface area contributed by atoms with E-state index < -0.39 is 0 Å². The summed E-state index contributed by atoms with van der Waals surface area (Å²) in [5.74, 6) is 8.80. The zero-order valence-corrected chi connectivity index (χ0v) is 32.7. The van der Waals surface area contributed by atoms with Gasteiger partial charge in [0.05, 0.1) is 26.4 Å². The molecule has 0 saturated carbocycles. The number of rotatable bonds is 20. The van der Waals surface area contributed by atoms with Gasteiger partial charge < -0.3 is 56.8 Å². The maximum atomic E-state index is 5.99. The van der Waals surface area contributed by atoms with Crippen LogP contribution in [0.4, 0.5) is 0 Å². The quantitative estimate of drug-likeness (QED) is 0.0682. The molecular weight excluding hydrogens is 769 g/mol. The molecule has 0 spiro atoms. The van der Waals surface area contributed by atoms with Crippen LogP contribution in [0.5, 0.6) is 69.0 Å². The average Bonchev–Trinajstić information content (AvgIpc) is 4.06. The van der Waals surface area contributed by atoms with Crippen LogP contribution in [-0.4, -0.2) is 77.3 Å². The molecule has 4 aliphatic heterocycles. The summed E-state index contributed by atoms with van der Waals surface area (Å²) in [6.45, 7) is 5.42. The minimum atomic E-state index is 0.217. The standard InChI is InChI=1S/2C24H22O6/c1-5-19(6-2-17(1)25-13-23-15-27-23)29-21-9-11-22(12-10-21)30-20-7-3-18(4-8-20)26-14-24-16-28-24;1-4-17(25-13-23-15-27-23)10-19(6-1)29-21-8-3-9-22(12-21)30-20-7-2-5-18(11-20)26-14-24-16-28-24/h2*1-12,23-24H,13-16H2. The van der Waals surface area contributed by atoms with Crippen molar-refractivity contribution >= 4 is 0 Å². The predicted octanol–water partition coefficient (Wildman–Crippen LogP) is 9.65. The fourth-order valence-corrected chi connectivity index (χ4v) is 5.60. The molecule has 10 rings (SSSR count). The highest BCUT2D eigenvalue weighted by molar-refractivity contribution is 5.43. The van der Waals surface area contributed by atoms with Gasteiger partial charge in [0.2, 0.25) is 0 Å². The lowest BCUT2D eigenvalue weighted by Gasteiger charge is -2.11.